The summed E-state index contributed by atoms with van der Waals surface area (Å²) in [5.74, 6) is 0.404. The molecule has 102 valence electrons. The second-order valence-electron chi connectivity index (χ2n) is 4.31. The number of benzene rings is 1. The molecule has 1 aromatic carbocycles. The maximum atomic E-state index is 13.8. The van der Waals surface area contributed by atoms with E-state index in [9.17, 15) is 4.39 Å². The Morgan fingerprint density at radius 1 is 1.42 bits per heavy atom. The van der Waals surface area contributed by atoms with Crippen molar-refractivity contribution in [3.63, 3.8) is 0 Å². The summed E-state index contributed by atoms with van der Waals surface area (Å²) >= 11 is 7.13. The normalized spacial score (nSPS) is 11.2. The van der Waals surface area contributed by atoms with Crippen LogP contribution in [0.1, 0.15) is 25.5 Å². The van der Waals surface area contributed by atoms with E-state index in [0.29, 0.717) is 22.4 Å². The number of hydrogen-bond donors (Lipinski definition) is 1. The molecule has 0 atom stereocenters. The summed E-state index contributed by atoms with van der Waals surface area (Å²) in [6, 6.07) is 5.11. The molecule has 2 N–H and O–H groups in total. The summed E-state index contributed by atoms with van der Waals surface area (Å²) in [7, 11) is 0. The van der Waals surface area contributed by atoms with E-state index in [0.717, 1.165) is 0 Å². The number of anilines is 1. The second kappa shape index (κ2) is 5.79. The summed E-state index contributed by atoms with van der Waals surface area (Å²) in [6.45, 7) is 3.98. The van der Waals surface area contributed by atoms with Gasteiger partial charge in [-0.25, -0.2) is 4.39 Å². The minimum Gasteiger partial charge on any atom is -0.368 e. The van der Waals surface area contributed by atoms with E-state index in [1.54, 1.807) is 12.1 Å². The van der Waals surface area contributed by atoms with Crippen LogP contribution in [0.2, 0.25) is 5.02 Å². The summed E-state index contributed by atoms with van der Waals surface area (Å²) in [5.41, 5.74) is 6.28. The van der Waals surface area contributed by atoms with Crippen molar-refractivity contribution >= 4 is 29.3 Å². The van der Waals surface area contributed by atoms with Gasteiger partial charge in [-0.3, -0.25) is 4.57 Å². The predicted molar refractivity (Wildman–Crippen MR) is 75.8 cm³/mol. The molecular formula is C12H14ClFN4S. The Balaban J connectivity index is 2.17. The van der Waals surface area contributed by atoms with Crippen LogP contribution in [0.15, 0.2) is 23.4 Å². The standard InChI is InChI=1S/C12H14ClFN4S/c1-7(2)18-11(15)16-17-12(18)19-6-8-4-3-5-9(13)10(8)14/h3-5,7H,6H2,1-2H3,(H2,15,16). The van der Waals surface area contributed by atoms with Crippen molar-refractivity contribution in [1.82, 2.24) is 14.8 Å². The molecule has 2 rings (SSSR count). The number of rotatable bonds is 4. The van der Waals surface area contributed by atoms with E-state index >= 15 is 0 Å². The zero-order valence-electron chi connectivity index (χ0n) is 10.6. The Hall–Kier alpha value is -1.27. The van der Waals surface area contributed by atoms with Crippen molar-refractivity contribution in [2.45, 2.75) is 30.8 Å². The maximum absolute atomic E-state index is 13.8. The fraction of sp³-hybridized carbons (Fsp3) is 0.333. The summed E-state index contributed by atoms with van der Waals surface area (Å²) in [4.78, 5) is 0. The van der Waals surface area contributed by atoms with Crippen LogP contribution in [-0.4, -0.2) is 14.8 Å². The van der Waals surface area contributed by atoms with Gasteiger partial charge in [0, 0.05) is 11.8 Å². The van der Waals surface area contributed by atoms with Crippen molar-refractivity contribution in [3.8, 4) is 0 Å². The van der Waals surface area contributed by atoms with Crippen molar-refractivity contribution in [3.05, 3.63) is 34.6 Å². The van der Waals surface area contributed by atoms with Crippen molar-refractivity contribution < 1.29 is 4.39 Å². The summed E-state index contributed by atoms with van der Waals surface area (Å²) < 4.78 is 15.6. The molecule has 0 saturated carbocycles. The van der Waals surface area contributed by atoms with Crippen molar-refractivity contribution in [1.29, 1.82) is 0 Å². The lowest BCUT2D eigenvalue weighted by Gasteiger charge is -2.11. The molecular weight excluding hydrogens is 287 g/mol. The Kier molecular flexibility index (Phi) is 4.31. The van der Waals surface area contributed by atoms with Gasteiger partial charge in [0.2, 0.25) is 5.95 Å². The SMILES string of the molecule is CC(C)n1c(N)nnc1SCc1cccc(Cl)c1F. The van der Waals surface area contributed by atoms with Gasteiger partial charge in [0.05, 0.1) is 5.02 Å². The predicted octanol–water partition coefficient (Wildman–Crippen LogP) is 3.53. The van der Waals surface area contributed by atoms with Crippen molar-refractivity contribution in [2.24, 2.45) is 0 Å². The third-order valence-electron chi connectivity index (χ3n) is 2.60. The average Bonchev–Trinajstić information content (AvgIpc) is 2.72. The molecule has 19 heavy (non-hydrogen) atoms. The molecule has 0 spiro atoms. The van der Waals surface area contributed by atoms with E-state index in [1.165, 1.54) is 17.8 Å². The number of nitrogens with zero attached hydrogens (tertiary/aromatic N) is 3. The first-order valence-electron chi connectivity index (χ1n) is 5.76. The molecule has 0 saturated heterocycles. The van der Waals surface area contributed by atoms with Crippen molar-refractivity contribution in [2.75, 3.05) is 5.73 Å². The smallest absolute Gasteiger partial charge is 0.222 e. The molecule has 0 amide bonds. The quantitative estimate of drug-likeness (QED) is 0.878. The zero-order valence-corrected chi connectivity index (χ0v) is 12.2. The van der Waals surface area contributed by atoms with Gasteiger partial charge in [-0.15, -0.1) is 10.2 Å². The molecule has 1 aromatic heterocycles. The topological polar surface area (TPSA) is 56.7 Å². The third kappa shape index (κ3) is 3.01. The molecule has 0 aliphatic rings. The molecule has 4 nitrogen and oxygen atoms in total. The first-order valence-corrected chi connectivity index (χ1v) is 7.13. The van der Waals surface area contributed by atoms with Gasteiger partial charge in [-0.2, -0.15) is 0 Å². The molecule has 2 aromatic rings. The number of hydrogen-bond acceptors (Lipinski definition) is 4. The Bertz CT molecular complexity index is 585. The van der Waals surface area contributed by atoms with Crippen LogP contribution in [0.3, 0.4) is 0 Å². The maximum Gasteiger partial charge on any atom is 0.222 e. The van der Waals surface area contributed by atoms with Crippen LogP contribution in [0.5, 0.6) is 0 Å². The van der Waals surface area contributed by atoms with Crippen LogP contribution in [0, 0.1) is 5.82 Å². The average molecular weight is 301 g/mol. The van der Waals surface area contributed by atoms with Gasteiger partial charge in [0.15, 0.2) is 5.16 Å². The Morgan fingerprint density at radius 2 is 2.16 bits per heavy atom. The van der Waals surface area contributed by atoms with E-state index in [4.69, 9.17) is 17.3 Å². The lowest BCUT2D eigenvalue weighted by Crippen LogP contribution is -2.07. The highest BCUT2D eigenvalue weighted by Crippen LogP contribution is 2.28. The van der Waals surface area contributed by atoms with E-state index in [1.807, 2.05) is 18.4 Å². The molecule has 1 heterocycles. The fourth-order valence-corrected chi connectivity index (χ4v) is 2.92. The highest BCUT2D eigenvalue weighted by molar-refractivity contribution is 7.98. The van der Waals surface area contributed by atoms with Crippen LogP contribution < -0.4 is 5.73 Å². The summed E-state index contributed by atoms with van der Waals surface area (Å²) in [6.07, 6.45) is 0. The first-order chi connectivity index (χ1) is 9.00. The number of nitrogens with two attached hydrogens (primary N) is 1. The van der Waals surface area contributed by atoms with Gasteiger partial charge in [0.25, 0.3) is 0 Å². The molecule has 0 radical (unpaired) electrons. The highest BCUT2D eigenvalue weighted by Gasteiger charge is 2.14. The molecule has 0 unspecified atom stereocenters. The Morgan fingerprint density at radius 3 is 2.84 bits per heavy atom. The number of thioether (sulfide) groups is 1. The molecule has 0 aliphatic heterocycles. The lowest BCUT2D eigenvalue weighted by molar-refractivity contribution is 0.557. The highest BCUT2D eigenvalue weighted by atomic mass is 35.5. The minimum atomic E-state index is -0.389. The van der Waals surface area contributed by atoms with Crippen LogP contribution in [0.25, 0.3) is 0 Å². The number of aromatic nitrogens is 3. The van der Waals surface area contributed by atoms with E-state index < -0.39 is 0 Å². The number of nitrogen functional groups attached to an aromatic ring is 1. The number of halogens is 2. The van der Waals surface area contributed by atoms with Gasteiger partial charge in [-0.1, -0.05) is 35.5 Å². The third-order valence-corrected chi connectivity index (χ3v) is 3.88. The molecule has 7 heteroatoms. The minimum absolute atomic E-state index is 0.128. The molecule has 0 fully saturated rings. The van der Waals surface area contributed by atoms with Gasteiger partial charge in [0.1, 0.15) is 5.82 Å². The zero-order chi connectivity index (χ0) is 14.0. The monoisotopic (exact) mass is 300 g/mol. The van der Waals surface area contributed by atoms with E-state index in [2.05, 4.69) is 10.2 Å². The molecule has 0 aliphatic carbocycles. The van der Waals surface area contributed by atoms with Gasteiger partial charge >= 0.3 is 0 Å². The van der Waals surface area contributed by atoms with Gasteiger partial charge < -0.3 is 5.73 Å². The molecule has 0 bridgehead atoms. The second-order valence-corrected chi connectivity index (χ2v) is 5.66. The van der Waals surface area contributed by atoms with Gasteiger partial charge in [-0.05, 0) is 25.5 Å². The first kappa shape index (κ1) is 14.1. The van der Waals surface area contributed by atoms with E-state index in [-0.39, 0.29) is 16.9 Å². The lowest BCUT2D eigenvalue weighted by atomic mass is 10.2. The summed E-state index contributed by atoms with van der Waals surface area (Å²) in [5, 5.41) is 8.64. The fourth-order valence-electron chi connectivity index (χ4n) is 1.67. The Labute approximate surface area is 120 Å². The van der Waals surface area contributed by atoms with Crippen LogP contribution in [-0.2, 0) is 5.75 Å². The van der Waals surface area contributed by atoms with Crippen LogP contribution >= 0.6 is 23.4 Å². The van der Waals surface area contributed by atoms with Crippen LogP contribution in [0.4, 0.5) is 10.3 Å². The largest absolute Gasteiger partial charge is 0.368 e.